The first-order valence-corrected chi connectivity index (χ1v) is 8.52. The summed E-state index contributed by atoms with van der Waals surface area (Å²) in [6.07, 6.45) is 23.5. The van der Waals surface area contributed by atoms with Gasteiger partial charge in [-0.15, -0.1) is 6.58 Å². The molecule has 0 amide bonds. The Bertz CT molecular complexity index is 157. The van der Waals surface area contributed by atoms with Gasteiger partial charge in [-0.2, -0.15) is 0 Å². The first-order valence-electron chi connectivity index (χ1n) is 8.52. The van der Waals surface area contributed by atoms with Crippen LogP contribution < -0.4 is 12.3 Å². The highest BCUT2D eigenvalue weighted by atomic mass is 14.0. The van der Waals surface area contributed by atoms with Gasteiger partial charge in [-0.1, -0.05) is 96.5 Å². The van der Waals surface area contributed by atoms with Gasteiger partial charge in [-0.3, -0.25) is 0 Å². The van der Waals surface area contributed by atoms with Crippen molar-refractivity contribution >= 4 is 0 Å². The fraction of sp³-hybridized carbons (Fsp3) is 0.889. The molecule has 0 spiro atoms. The summed E-state index contributed by atoms with van der Waals surface area (Å²) in [7, 11) is 0. The zero-order valence-electron chi connectivity index (χ0n) is 14.3. The van der Waals surface area contributed by atoms with Crippen molar-refractivity contribution in [2.75, 3.05) is 0 Å². The Morgan fingerprint density at radius 2 is 0.850 bits per heavy atom. The molecule has 20 heavy (non-hydrogen) atoms. The molecule has 2 nitrogen and oxygen atoms in total. The Hall–Kier alpha value is -0.340. The summed E-state index contributed by atoms with van der Waals surface area (Å²) in [5.41, 5.74) is 0. The van der Waals surface area contributed by atoms with E-state index >= 15 is 0 Å². The molecule has 0 aliphatic heterocycles. The van der Waals surface area contributed by atoms with Gasteiger partial charge in [0, 0.05) is 0 Å². The van der Waals surface area contributed by atoms with Crippen LogP contribution in [0.5, 0.6) is 0 Å². The third kappa shape index (κ3) is 22.8. The summed E-state index contributed by atoms with van der Waals surface area (Å²) in [6.45, 7) is 6.05. The molecule has 0 aliphatic carbocycles. The molecule has 124 valence electrons. The van der Waals surface area contributed by atoms with Gasteiger partial charge in [0.05, 0.1) is 0 Å². The zero-order valence-corrected chi connectivity index (χ0v) is 14.3. The van der Waals surface area contributed by atoms with Crippen molar-refractivity contribution in [3.8, 4) is 0 Å². The normalized spacial score (nSPS) is 9.65. The lowest BCUT2D eigenvalue weighted by Crippen LogP contribution is -1.83. The van der Waals surface area contributed by atoms with Crippen LogP contribution in [0.25, 0.3) is 0 Å². The van der Waals surface area contributed by atoms with Gasteiger partial charge in [-0.25, -0.2) is 0 Å². The average Bonchev–Trinajstić information content (AvgIpc) is 2.39. The molecular formula is C18H42N2. The Morgan fingerprint density at radius 3 is 1.15 bits per heavy atom. The zero-order chi connectivity index (χ0) is 13.3. The van der Waals surface area contributed by atoms with E-state index in [0.717, 1.165) is 0 Å². The van der Waals surface area contributed by atoms with Crippen LogP contribution in [0.3, 0.4) is 0 Å². The third-order valence-electron chi connectivity index (χ3n) is 3.76. The summed E-state index contributed by atoms with van der Waals surface area (Å²) in [6, 6.07) is 0. The van der Waals surface area contributed by atoms with Crippen LogP contribution in [-0.2, 0) is 0 Å². The fourth-order valence-corrected chi connectivity index (χ4v) is 2.48. The smallest absolute Gasteiger partial charge is 0.0353 e. The topological polar surface area (TPSA) is 70.0 Å². The highest BCUT2D eigenvalue weighted by molar-refractivity contribution is 4.65. The first kappa shape index (κ1) is 24.7. The Morgan fingerprint density at radius 1 is 0.550 bits per heavy atom. The average molecular weight is 287 g/mol. The number of unbranched alkanes of at least 4 members (excludes halogenated alkanes) is 14. The van der Waals surface area contributed by atoms with E-state index in [1.165, 1.54) is 96.3 Å². The van der Waals surface area contributed by atoms with E-state index in [2.05, 4.69) is 13.5 Å². The minimum atomic E-state index is 0. The van der Waals surface area contributed by atoms with Crippen molar-refractivity contribution in [3.05, 3.63) is 12.7 Å². The molecule has 0 saturated heterocycles. The lowest BCUT2D eigenvalue weighted by atomic mass is 10.0. The quantitative estimate of drug-likeness (QED) is 0.244. The van der Waals surface area contributed by atoms with Gasteiger partial charge in [0.1, 0.15) is 0 Å². The van der Waals surface area contributed by atoms with E-state index in [0.29, 0.717) is 0 Å². The van der Waals surface area contributed by atoms with E-state index in [1.807, 2.05) is 6.08 Å². The predicted octanol–water partition coefficient (Wildman–Crippen LogP) is 7.37. The van der Waals surface area contributed by atoms with Crippen LogP contribution in [-0.4, -0.2) is 0 Å². The largest absolute Gasteiger partial charge is 0.344 e. The maximum atomic E-state index is 3.76. The molecule has 0 rings (SSSR count). The molecule has 0 unspecified atom stereocenters. The van der Waals surface area contributed by atoms with Crippen molar-refractivity contribution in [2.45, 2.75) is 103 Å². The highest BCUT2D eigenvalue weighted by Gasteiger charge is 1.93. The fourth-order valence-electron chi connectivity index (χ4n) is 2.48. The monoisotopic (exact) mass is 286 g/mol. The summed E-state index contributed by atoms with van der Waals surface area (Å²) in [5, 5.41) is 0. The van der Waals surface area contributed by atoms with Crippen molar-refractivity contribution in [1.29, 1.82) is 0 Å². The maximum Gasteiger partial charge on any atom is -0.0353 e. The molecular weight excluding hydrogens is 244 g/mol. The van der Waals surface area contributed by atoms with Crippen LogP contribution in [0.4, 0.5) is 0 Å². The first-order chi connectivity index (χ1) is 8.91. The molecule has 0 aromatic carbocycles. The molecule has 0 atom stereocenters. The van der Waals surface area contributed by atoms with Gasteiger partial charge >= 0.3 is 0 Å². The van der Waals surface area contributed by atoms with Gasteiger partial charge in [0.2, 0.25) is 0 Å². The van der Waals surface area contributed by atoms with Crippen molar-refractivity contribution in [1.82, 2.24) is 12.3 Å². The molecule has 0 aliphatic rings. The predicted molar refractivity (Wildman–Crippen MR) is 95.2 cm³/mol. The van der Waals surface area contributed by atoms with Crippen LogP contribution in [0.1, 0.15) is 103 Å². The summed E-state index contributed by atoms with van der Waals surface area (Å²) >= 11 is 0. The molecule has 0 radical (unpaired) electrons. The van der Waals surface area contributed by atoms with Gasteiger partial charge in [0.25, 0.3) is 0 Å². The molecule has 0 aromatic rings. The second-order valence-corrected chi connectivity index (χ2v) is 5.67. The third-order valence-corrected chi connectivity index (χ3v) is 3.76. The van der Waals surface area contributed by atoms with Gasteiger partial charge < -0.3 is 12.3 Å². The molecule has 0 aromatic heterocycles. The van der Waals surface area contributed by atoms with E-state index < -0.39 is 0 Å². The maximum absolute atomic E-state index is 3.76. The van der Waals surface area contributed by atoms with Gasteiger partial charge in [0.15, 0.2) is 0 Å². The Balaban J connectivity index is -0.00000144. The Labute approximate surface area is 129 Å². The van der Waals surface area contributed by atoms with Crippen molar-refractivity contribution in [3.63, 3.8) is 0 Å². The van der Waals surface area contributed by atoms with Crippen LogP contribution in [0, 0.1) is 0 Å². The molecule has 0 heterocycles. The Kier molecular flexibility index (Phi) is 29.3. The lowest BCUT2D eigenvalue weighted by molar-refractivity contribution is 0.536. The van der Waals surface area contributed by atoms with E-state index in [-0.39, 0.29) is 12.3 Å². The van der Waals surface area contributed by atoms with E-state index in [9.17, 15) is 0 Å². The minimum Gasteiger partial charge on any atom is -0.344 e. The molecule has 0 saturated carbocycles. The summed E-state index contributed by atoms with van der Waals surface area (Å²) in [5.74, 6) is 0. The minimum absolute atomic E-state index is 0. The van der Waals surface area contributed by atoms with Crippen LogP contribution >= 0.6 is 0 Å². The standard InChI is InChI=1S/C18H36.2H3N/c1-3-5-7-9-11-13-15-17-18-16-14-12-10-8-6-4-2;;/h3H,1,4-18H2,2H3;2*1H3. The highest BCUT2D eigenvalue weighted by Crippen LogP contribution is 2.13. The number of allylic oxidation sites excluding steroid dienone is 1. The van der Waals surface area contributed by atoms with Crippen molar-refractivity contribution < 1.29 is 0 Å². The second kappa shape index (κ2) is 23.7. The number of hydrogen-bond donors (Lipinski definition) is 2. The van der Waals surface area contributed by atoms with Crippen LogP contribution in [0.2, 0.25) is 0 Å². The lowest BCUT2D eigenvalue weighted by Gasteiger charge is -2.02. The number of rotatable bonds is 15. The molecule has 6 N–H and O–H groups in total. The van der Waals surface area contributed by atoms with Crippen molar-refractivity contribution in [2.24, 2.45) is 0 Å². The molecule has 0 bridgehead atoms. The summed E-state index contributed by atoms with van der Waals surface area (Å²) < 4.78 is 0. The van der Waals surface area contributed by atoms with E-state index in [4.69, 9.17) is 0 Å². The molecule has 0 fully saturated rings. The summed E-state index contributed by atoms with van der Waals surface area (Å²) in [4.78, 5) is 0. The van der Waals surface area contributed by atoms with Gasteiger partial charge in [-0.05, 0) is 12.8 Å². The van der Waals surface area contributed by atoms with E-state index in [1.54, 1.807) is 0 Å². The van der Waals surface area contributed by atoms with Crippen LogP contribution in [0.15, 0.2) is 12.7 Å². The second-order valence-electron chi connectivity index (χ2n) is 5.67. The SMILES string of the molecule is C=CCCCCCCCCCCCCCCCC.N.N. The molecule has 2 heteroatoms. The number of hydrogen-bond acceptors (Lipinski definition) is 2.